The lowest BCUT2D eigenvalue weighted by Gasteiger charge is -2.34. The Labute approximate surface area is 289 Å². The first-order valence-corrected chi connectivity index (χ1v) is 16.6. The van der Waals surface area contributed by atoms with Crippen molar-refractivity contribution in [1.29, 1.82) is 0 Å². The number of hydrogen-bond acceptors (Lipinski definition) is 7. The van der Waals surface area contributed by atoms with Gasteiger partial charge in [0, 0.05) is 5.69 Å². The largest absolute Gasteiger partial charge is 0.497 e. The standard InChI is InChI=1S/C42H45NO6/c1-42(2,3)32-14-16-33(17-15-32)43-38(30-10-22-36(23-11-30)48-26-28-6-18-34(46-4)19-7-28)40(44)41(45)39(43)31-12-24-37(25-13-31)49-27-29-8-20-35(47-5)21-9-29/h6-25,38-41,44-45H,26-27H2,1-5H3/t38-,39-,40+,41+/m1/s1. The van der Waals surface area contributed by atoms with Crippen LogP contribution in [0.1, 0.15) is 60.7 Å². The van der Waals surface area contributed by atoms with Crippen LogP contribution in [0, 0.1) is 0 Å². The van der Waals surface area contributed by atoms with E-state index in [4.69, 9.17) is 18.9 Å². The highest BCUT2D eigenvalue weighted by molar-refractivity contribution is 5.57. The van der Waals surface area contributed by atoms with E-state index >= 15 is 0 Å². The Morgan fingerprint density at radius 3 is 1.22 bits per heavy atom. The lowest BCUT2D eigenvalue weighted by atomic mass is 9.87. The molecule has 0 radical (unpaired) electrons. The van der Waals surface area contributed by atoms with Gasteiger partial charge in [-0.15, -0.1) is 0 Å². The summed E-state index contributed by atoms with van der Waals surface area (Å²) >= 11 is 0. The van der Waals surface area contributed by atoms with Crippen LogP contribution in [-0.4, -0.2) is 36.6 Å². The van der Waals surface area contributed by atoms with Gasteiger partial charge in [0.05, 0.1) is 26.3 Å². The second kappa shape index (κ2) is 14.6. The minimum absolute atomic E-state index is 0.00926. The summed E-state index contributed by atoms with van der Waals surface area (Å²) in [5, 5.41) is 23.3. The van der Waals surface area contributed by atoms with Crippen molar-refractivity contribution in [1.82, 2.24) is 0 Å². The minimum Gasteiger partial charge on any atom is -0.497 e. The fraction of sp³-hybridized carbons (Fsp3) is 0.286. The first kappa shape index (κ1) is 33.9. The summed E-state index contributed by atoms with van der Waals surface area (Å²) < 4.78 is 22.6. The van der Waals surface area contributed by atoms with Crippen molar-refractivity contribution < 1.29 is 29.2 Å². The molecule has 1 aliphatic heterocycles. The number of aliphatic hydroxyl groups excluding tert-OH is 2. The Morgan fingerprint density at radius 1 is 0.510 bits per heavy atom. The number of hydrogen-bond donors (Lipinski definition) is 2. The molecular weight excluding hydrogens is 614 g/mol. The molecule has 254 valence electrons. The number of benzene rings is 5. The molecule has 1 aliphatic rings. The summed E-state index contributed by atoms with van der Waals surface area (Å²) in [6.07, 6.45) is -2.08. The van der Waals surface area contributed by atoms with Crippen molar-refractivity contribution in [2.45, 2.75) is 63.7 Å². The number of ether oxygens (including phenoxy) is 4. The second-order valence-electron chi connectivity index (χ2n) is 13.5. The zero-order valence-corrected chi connectivity index (χ0v) is 28.7. The average molecular weight is 660 g/mol. The van der Waals surface area contributed by atoms with E-state index in [2.05, 4.69) is 49.9 Å². The van der Waals surface area contributed by atoms with Gasteiger partial charge < -0.3 is 34.1 Å². The molecule has 0 saturated carbocycles. The predicted molar refractivity (Wildman–Crippen MR) is 193 cm³/mol. The predicted octanol–water partition coefficient (Wildman–Crippen LogP) is 8.18. The van der Waals surface area contributed by atoms with Crippen LogP contribution in [0.2, 0.25) is 0 Å². The first-order chi connectivity index (χ1) is 23.6. The number of aliphatic hydroxyl groups is 2. The third-order valence-corrected chi connectivity index (χ3v) is 9.20. The number of anilines is 1. The van der Waals surface area contributed by atoms with E-state index in [-0.39, 0.29) is 5.41 Å². The molecule has 0 bridgehead atoms. The highest BCUT2D eigenvalue weighted by Gasteiger charge is 2.49. The van der Waals surface area contributed by atoms with Crippen LogP contribution < -0.4 is 23.8 Å². The fourth-order valence-electron chi connectivity index (χ4n) is 6.35. The van der Waals surface area contributed by atoms with Crippen LogP contribution >= 0.6 is 0 Å². The molecule has 7 heteroatoms. The Bertz CT molecular complexity index is 1670. The van der Waals surface area contributed by atoms with Crippen LogP contribution in [0.3, 0.4) is 0 Å². The molecule has 0 spiro atoms. The third kappa shape index (κ3) is 7.69. The molecule has 0 unspecified atom stereocenters. The summed E-state index contributed by atoms with van der Waals surface area (Å²) in [4.78, 5) is 2.14. The molecule has 5 aromatic rings. The van der Waals surface area contributed by atoms with Crippen LogP contribution in [-0.2, 0) is 18.6 Å². The molecule has 7 nitrogen and oxygen atoms in total. The third-order valence-electron chi connectivity index (χ3n) is 9.20. The smallest absolute Gasteiger partial charge is 0.119 e. The van der Waals surface area contributed by atoms with Gasteiger partial charge in [0.25, 0.3) is 0 Å². The van der Waals surface area contributed by atoms with Crippen molar-refractivity contribution in [3.05, 3.63) is 149 Å². The summed E-state index contributed by atoms with van der Waals surface area (Å²) in [5.41, 5.74) is 5.94. The maximum absolute atomic E-state index is 11.7. The van der Waals surface area contributed by atoms with Gasteiger partial charge in [-0.05, 0) is 93.9 Å². The van der Waals surface area contributed by atoms with E-state index in [1.807, 2.05) is 97.1 Å². The fourth-order valence-corrected chi connectivity index (χ4v) is 6.35. The highest BCUT2D eigenvalue weighted by Crippen LogP contribution is 2.48. The van der Waals surface area contributed by atoms with E-state index in [9.17, 15) is 10.2 Å². The van der Waals surface area contributed by atoms with Crippen LogP contribution in [0.4, 0.5) is 5.69 Å². The van der Waals surface area contributed by atoms with Crippen molar-refractivity contribution >= 4 is 5.69 Å². The quantitative estimate of drug-likeness (QED) is 0.148. The molecule has 1 heterocycles. The van der Waals surface area contributed by atoms with Gasteiger partial charge in [0.15, 0.2) is 0 Å². The topological polar surface area (TPSA) is 80.6 Å². The molecule has 0 amide bonds. The molecule has 0 aromatic heterocycles. The van der Waals surface area contributed by atoms with E-state index in [1.165, 1.54) is 5.56 Å². The van der Waals surface area contributed by atoms with Gasteiger partial charge in [-0.3, -0.25) is 0 Å². The molecule has 4 atom stereocenters. The molecule has 49 heavy (non-hydrogen) atoms. The Balaban J connectivity index is 1.25. The summed E-state index contributed by atoms with van der Waals surface area (Å²) in [6, 6.07) is 38.6. The Kier molecular flexibility index (Phi) is 10.1. The summed E-state index contributed by atoms with van der Waals surface area (Å²) in [5.74, 6) is 3.04. The molecular formula is C42H45NO6. The molecule has 0 aliphatic carbocycles. The Morgan fingerprint density at radius 2 is 0.878 bits per heavy atom. The maximum Gasteiger partial charge on any atom is 0.119 e. The monoisotopic (exact) mass is 659 g/mol. The van der Waals surface area contributed by atoms with Gasteiger partial charge in [-0.25, -0.2) is 0 Å². The van der Waals surface area contributed by atoms with Gasteiger partial charge in [0.2, 0.25) is 0 Å². The molecule has 1 fully saturated rings. The van der Waals surface area contributed by atoms with Crippen molar-refractivity contribution in [2.75, 3.05) is 19.1 Å². The maximum atomic E-state index is 11.7. The van der Waals surface area contributed by atoms with Crippen LogP contribution in [0.5, 0.6) is 23.0 Å². The summed E-state index contributed by atoms with van der Waals surface area (Å²) in [7, 11) is 3.30. The zero-order valence-electron chi connectivity index (χ0n) is 28.7. The minimum atomic E-state index is -1.04. The van der Waals surface area contributed by atoms with Gasteiger partial charge in [-0.1, -0.05) is 81.4 Å². The zero-order chi connectivity index (χ0) is 34.5. The van der Waals surface area contributed by atoms with Crippen LogP contribution in [0.15, 0.2) is 121 Å². The normalized spacial score (nSPS) is 19.0. The average Bonchev–Trinajstić information content (AvgIpc) is 3.39. The van der Waals surface area contributed by atoms with Crippen molar-refractivity contribution in [3.8, 4) is 23.0 Å². The van der Waals surface area contributed by atoms with Gasteiger partial charge in [-0.2, -0.15) is 0 Å². The van der Waals surface area contributed by atoms with Gasteiger partial charge in [0.1, 0.15) is 48.4 Å². The Hall–Kier alpha value is -4.98. The number of methoxy groups -OCH3 is 2. The molecule has 5 aromatic carbocycles. The molecule has 1 saturated heterocycles. The lowest BCUT2D eigenvalue weighted by molar-refractivity contribution is 0.0276. The van der Waals surface area contributed by atoms with E-state index < -0.39 is 24.3 Å². The van der Waals surface area contributed by atoms with Crippen LogP contribution in [0.25, 0.3) is 0 Å². The summed E-state index contributed by atoms with van der Waals surface area (Å²) in [6.45, 7) is 7.40. The second-order valence-corrected chi connectivity index (χ2v) is 13.5. The van der Waals surface area contributed by atoms with Gasteiger partial charge >= 0.3 is 0 Å². The first-order valence-electron chi connectivity index (χ1n) is 16.6. The van der Waals surface area contributed by atoms with E-state index in [0.29, 0.717) is 13.2 Å². The van der Waals surface area contributed by atoms with Crippen molar-refractivity contribution in [2.24, 2.45) is 0 Å². The highest BCUT2D eigenvalue weighted by atomic mass is 16.5. The van der Waals surface area contributed by atoms with E-state index in [0.717, 1.165) is 50.9 Å². The molecule has 2 N–H and O–H groups in total. The van der Waals surface area contributed by atoms with E-state index in [1.54, 1.807) is 14.2 Å². The number of nitrogens with zero attached hydrogens (tertiary/aromatic N) is 1. The lowest BCUT2D eigenvalue weighted by Crippen LogP contribution is -2.29. The SMILES string of the molecule is COc1ccc(COc2ccc([C@@H]3[C@H](O)[C@@H](O)[C@@H](c4ccc(OCc5ccc(OC)cc5)cc4)N3c3ccc(C(C)(C)C)cc3)cc2)cc1. The van der Waals surface area contributed by atoms with Crippen molar-refractivity contribution in [3.63, 3.8) is 0 Å². The molecule has 6 rings (SSSR count). The number of rotatable bonds is 11.